The van der Waals surface area contributed by atoms with Gasteiger partial charge in [-0.3, -0.25) is 0 Å². The van der Waals surface area contributed by atoms with Gasteiger partial charge in [-0.2, -0.15) is 0 Å². The average Bonchev–Trinajstić information content (AvgIpc) is 2.34. The van der Waals surface area contributed by atoms with Crippen LogP contribution in [0.1, 0.15) is 12.5 Å². The van der Waals surface area contributed by atoms with Crippen LogP contribution in [0.2, 0.25) is 0 Å². The third-order valence-electron chi connectivity index (χ3n) is 2.62. The van der Waals surface area contributed by atoms with Crippen LogP contribution in [0.5, 0.6) is 0 Å². The first-order valence-corrected chi connectivity index (χ1v) is 5.57. The van der Waals surface area contributed by atoms with Gasteiger partial charge >= 0.3 is 0 Å². The van der Waals surface area contributed by atoms with Crippen LogP contribution in [-0.2, 0) is 6.42 Å². The zero-order valence-corrected chi connectivity index (χ0v) is 9.77. The molecule has 17 heavy (non-hydrogen) atoms. The highest BCUT2D eigenvalue weighted by Crippen LogP contribution is 2.22. The lowest BCUT2D eigenvalue weighted by molar-refractivity contribution is 1.14. The highest BCUT2D eigenvalue weighted by molar-refractivity contribution is 5.66. The van der Waals surface area contributed by atoms with Gasteiger partial charge in [0.2, 0.25) is 0 Å². The number of benzene rings is 1. The van der Waals surface area contributed by atoms with Crippen LogP contribution < -0.4 is 16.8 Å². The summed E-state index contributed by atoms with van der Waals surface area (Å²) in [5.74, 6) is 1.06. The number of para-hydroxylation sites is 1. The van der Waals surface area contributed by atoms with E-state index in [1.54, 1.807) is 6.07 Å². The number of aryl methyl sites for hydroxylation is 1. The van der Waals surface area contributed by atoms with Gasteiger partial charge in [0.15, 0.2) is 0 Å². The topological polar surface area (TPSA) is 77.0 Å². The standard InChI is InChI=1S/C13H16N4/c1-2-9-5-3-4-6-11(9)16-12-8-7-10(14)13(15)17-12/h3-8H,2,14H2,1H3,(H3,15,16,17). The lowest BCUT2D eigenvalue weighted by atomic mass is 10.1. The van der Waals surface area contributed by atoms with E-state index in [4.69, 9.17) is 11.5 Å². The quantitative estimate of drug-likeness (QED) is 0.754. The van der Waals surface area contributed by atoms with Crippen molar-refractivity contribution in [2.24, 2.45) is 0 Å². The van der Waals surface area contributed by atoms with E-state index >= 15 is 0 Å². The third kappa shape index (κ3) is 2.47. The molecule has 0 fully saturated rings. The monoisotopic (exact) mass is 228 g/mol. The largest absolute Gasteiger partial charge is 0.396 e. The molecule has 1 aromatic carbocycles. The van der Waals surface area contributed by atoms with Gasteiger partial charge < -0.3 is 16.8 Å². The number of anilines is 4. The van der Waals surface area contributed by atoms with Crippen molar-refractivity contribution in [1.29, 1.82) is 0 Å². The molecule has 0 atom stereocenters. The Balaban J connectivity index is 2.28. The predicted molar refractivity (Wildman–Crippen MR) is 72.2 cm³/mol. The second-order valence-electron chi connectivity index (χ2n) is 3.81. The Morgan fingerprint density at radius 2 is 1.88 bits per heavy atom. The fourth-order valence-electron chi connectivity index (χ4n) is 1.64. The van der Waals surface area contributed by atoms with Crippen molar-refractivity contribution in [2.75, 3.05) is 16.8 Å². The van der Waals surface area contributed by atoms with Crippen molar-refractivity contribution in [3.05, 3.63) is 42.0 Å². The van der Waals surface area contributed by atoms with E-state index < -0.39 is 0 Å². The molecular formula is C13H16N4. The number of nitrogen functional groups attached to an aromatic ring is 2. The van der Waals surface area contributed by atoms with Gasteiger partial charge in [0.05, 0.1) is 5.69 Å². The van der Waals surface area contributed by atoms with Crippen molar-refractivity contribution in [2.45, 2.75) is 13.3 Å². The summed E-state index contributed by atoms with van der Waals surface area (Å²) in [5.41, 5.74) is 14.1. The summed E-state index contributed by atoms with van der Waals surface area (Å²) < 4.78 is 0. The van der Waals surface area contributed by atoms with Crippen LogP contribution in [0.25, 0.3) is 0 Å². The molecular weight excluding hydrogens is 212 g/mol. The normalized spacial score (nSPS) is 10.2. The number of hydrogen-bond donors (Lipinski definition) is 3. The first-order valence-electron chi connectivity index (χ1n) is 5.57. The molecule has 0 saturated heterocycles. The Morgan fingerprint density at radius 1 is 1.12 bits per heavy atom. The lowest BCUT2D eigenvalue weighted by Gasteiger charge is -2.10. The number of nitrogens with one attached hydrogen (secondary N) is 1. The van der Waals surface area contributed by atoms with Crippen molar-refractivity contribution in [3.63, 3.8) is 0 Å². The molecule has 0 radical (unpaired) electrons. The smallest absolute Gasteiger partial charge is 0.149 e. The zero-order chi connectivity index (χ0) is 12.3. The molecule has 0 aliphatic carbocycles. The van der Waals surface area contributed by atoms with E-state index in [1.807, 2.05) is 24.3 Å². The number of pyridine rings is 1. The second-order valence-corrected chi connectivity index (χ2v) is 3.81. The number of nitrogens with zero attached hydrogens (tertiary/aromatic N) is 1. The number of nitrogens with two attached hydrogens (primary N) is 2. The first-order chi connectivity index (χ1) is 8.20. The van der Waals surface area contributed by atoms with E-state index in [1.165, 1.54) is 5.56 Å². The minimum Gasteiger partial charge on any atom is -0.396 e. The summed E-state index contributed by atoms with van der Waals surface area (Å²) in [7, 11) is 0. The maximum absolute atomic E-state index is 5.67. The highest BCUT2D eigenvalue weighted by atomic mass is 15.0. The molecule has 0 aliphatic rings. The minimum absolute atomic E-state index is 0.351. The minimum atomic E-state index is 0.351. The average molecular weight is 228 g/mol. The molecule has 1 heterocycles. The van der Waals surface area contributed by atoms with E-state index in [-0.39, 0.29) is 0 Å². The fraction of sp³-hybridized carbons (Fsp3) is 0.154. The SMILES string of the molecule is CCc1ccccc1Nc1ccc(N)c(N)n1. The van der Waals surface area contributed by atoms with Crippen LogP contribution in [0, 0.1) is 0 Å². The predicted octanol–water partition coefficient (Wildman–Crippen LogP) is 2.55. The molecule has 88 valence electrons. The second kappa shape index (κ2) is 4.74. The van der Waals surface area contributed by atoms with Crippen LogP contribution in [0.3, 0.4) is 0 Å². The summed E-state index contributed by atoms with van der Waals surface area (Å²) in [6.07, 6.45) is 0.966. The van der Waals surface area contributed by atoms with Crippen molar-refractivity contribution >= 4 is 23.0 Å². The van der Waals surface area contributed by atoms with Crippen molar-refractivity contribution < 1.29 is 0 Å². The zero-order valence-electron chi connectivity index (χ0n) is 9.77. The van der Waals surface area contributed by atoms with Crippen LogP contribution in [0.4, 0.5) is 23.0 Å². The molecule has 0 amide bonds. The Morgan fingerprint density at radius 3 is 2.59 bits per heavy atom. The number of aromatic nitrogens is 1. The molecule has 2 rings (SSSR count). The van der Waals surface area contributed by atoms with E-state index in [9.17, 15) is 0 Å². The third-order valence-corrected chi connectivity index (χ3v) is 2.62. The van der Waals surface area contributed by atoms with Crippen molar-refractivity contribution in [1.82, 2.24) is 4.98 Å². The molecule has 0 aliphatic heterocycles. The van der Waals surface area contributed by atoms with Gasteiger partial charge in [0.25, 0.3) is 0 Å². The van der Waals surface area contributed by atoms with Crippen LogP contribution in [0.15, 0.2) is 36.4 Å². The summed E-state index contributed by atoms with van der Waals surface area (Å²) in [6.45, 7) is 2.12. The Hall–Kier alpha value is -2.23. The fourth-order valence-corrected chi connectivity index (χ4v) is 1.64. The Bertz CT molecular complexity index is 523. The Kier molecular flexibility index (Phi) is 3.14. The molecule has 4 nitrogen and oxygen atoms in total. The number of hydrogen-bond acceptors (Lipinski definition) is 4. The summed E-state index contributed by atoms with van der Waals surface area (Å²) in [4.78, 5) is 4.19. The molecule has 0 unspecified atom stereocenters. The molecule has 0 saturated carbocycles. The molecule has 0 bridgehead atoms. The maximum atomic E-state index is 5.67. The molecule has 2 aromatic rings. The molecule has 4 heteroatoms. The maximum Gasteiger partial charge on any atom is 0.149 e. The number of rotatable bonds is 3. The van der Waals surface area contributed by atoms with Gasteiger partial charge in [-0.1, -0.05) is 25.1 Å². The lowest BCUT2D eigenvalue weighted by Crippen LogP contribution is -2.02. The van der Waals surface area contributed by atoms with Crippen molar-refractivity contribution in [3.8, 4) is 0 Å². The van der Waals surface area contributed by atoms with E-state index in [0.717, 1.165) is 12.1 Å². The van der Waals surface area contributed by atoms with Gasteiger partial charge in [-0.25, -0.2) is 4.98 Å². The summed E-state index contributed by atoms with van der Waals surface area (Å²) >= 11 is 0. The summed E-state index contributed by atoms with van der Waals surface area (Å²) in [5, 5.41) is 3.24. The van der Waals surface area contributed by atoms with Crippen LogP contribution in [-0.4, -0.2) is 4.98 Å². The molecule has 0 spiro atoms. The van der Waals surface area contributed by atoms with Gasteiger partial charge in [0, 0.05) is 5.69 Å². The van der Waals surface area contributed by atoms with Gasteiger partial charge in [-0.15, -0.1) is 0 Å². The highest BCUT2D eigenvalue weighted by Gasteiger charge is 2.02. The van der Waals surface area contributed by atoms with Crippen LogP contribution >= 0.6 is 0 Å². The Labute approximate surface area is 101 Å². The van der Waals surface area contributed by atoms with Gasteiger partial charge in [-0.05, 0) is 30.2 Å². The molecule has 1 aromatic heterocycles. The molecule has 5 N–H and O–H groups in total. The van der Waals surface area contributed by atoms with Gasteiger partial charge in [0.1, 0.15) is 11.6 Å². The first kappa shape index (κ1) is 11.3. The van der Waals surface area contributed by atoms with E-state index in [0.29, 0.717) is 17.3 Å². The summed E-state index contributed by atoms with van der Waals surface area (Å²) in [6, 6.07) is 11.7. The van der Waals surface area contributed by atoms with E-state index in [2.05, 4.69) is 23.3 Å².